The van der Waals surface area contributed by atoms with Gasteiger partial charge in [0.15, 0.2) is 0 Å². The number of benzene rings is 1. The lowest BCUT2D eigenvalue weighted by Crippen LogP contribution is -1.91. The van der Waals surface area contributed by atoms with Crippen LogP contribution in [0.2, 0.25) is 0 Å². The Labute approximate surface area is 86.5 Å². The van der Waals surface area contributed by atoms with Crippen molar-refractivity contribution in [2.45, 2.75) is 19.8 Å². The largest absolute Gasteiger partial charge is 0.198 e. The van der Waals surface area contributed by atoms with Crippen molar-refractivity contribution in [2.24, 2.45) is 0 Å². The lowest BCUT2D eigenvalue weighted by Gasteiger charge is -2.03. The van der Waals surface area contributed by atoms with Gasteiger partial charge in [0, 0.05) is 3.57 Å². The molecule has 0 aromatic heterocycles. The molecule has 62 valence electrons. The molecule has 0 atom stereocenters. The molecule has 1 rings (SSSR count). The third-order valence-electron chi connectivity index (χ3n) is 1.82. The fourth-order valence-electron chi connectivity index (χ4n) is 1.18. The minimum absolute atomic E-state index is 0.528. The van der Waals surface area contributed by atoms with Crippen molar-refractivity contribution >= 4 is 22.6 Å². The van der Waals surface area contributed by atoms with Crippen LogP contribution in [-0.2, 0) is 12.8 Å². The van der Waals surface area contributed by atoms with Gasteiger partial charge in [0.2, 0.25) is 0 Å². The Bertz CT molecular complexity index is 312. The van der Waals surface area contributed by atoms with Crippen molar-refractivity contribution in [3.05, 3.63) is 32.9 Å². The molecule has 0 radical (unpaired) electrons. The van der Waals surface area contributed by atoms with Gasteiger partial charge in [-0.2, -0.15) is 5.26 Å². The minimum atomic E-state index is 0.528. The number of nitrogens with zero attached hydrogens (tertiary/aromatic N) is 1. The van der Waals surface area contributed by atoms with Gasteiger partial charge in [-0.1, -0.05) is 13.0 Å². The molecule has 0 saturated heterocycles. The molecule has 0 saturated carbocycles. The number of rotatable bonds is 2. The summed E-state index contributed by atoms with van der Waals surface area (Å²) in [6.45, 7) is 2.12. The van der Waals surface area contributed by atoms with Crippen LogP contribution in [0.25, 0.3) is 0 Å². The average molecular weight is 271 g/mol. The summed E-state index contributed by atoms with van der Waals surface area (Å²) in [4.78, 5) is 0. The Morgan fingerprint density at radius 1 is 1.42 bits per heavy atom. The first-order valence-electron chi connectivity index (χ1n) is 3.92. The highest BCUT2D eigenvalue weighted by Crippen LogP contribution is 2.14. The highest BCUT2D eigenvalue weighted by Gasteiger charge is 1.99. The van der Waals surface area contributed by atoms with Crippen molar-refractivity contribution in [1.29, 1.82) is 5.26 Å². The Morgan fingerprint density at radius 2 is 2.17 bits per heavy atom. The third kappa shape index (κ3) is 2.21. The van der Waals surface area contributed by atoms with Crippen LogP contribution in [0.4, 0.5) is 0 Å². The van der Waals surface area contributed by atoms with Gasteiger partial charge in [-0.3, -0.25) is 0 Å². The molecular formula is C10H10IN. The molecule has 0 bridgehead atoms. The highest BCUT2D eigenvalue weighted by molar-refractivity contribution is 14.1. The quantitative estimate of drug-likeness (QED) is 0.759. The predicted molar refractivity (Wildman–Crippen MR) is 57.9 cm³/mol. The molecule has 1 aromatic carbocycles. The van der Waals surface area contributed by atoms with Gasteiger partial charge in [0.05, 0.1) is 12.5 Å². The summed E-state index contributed by atoms with van der Waals surface area (Å²) in [7, 11) is 0. The Hall–Kier alpha value is -0.560. The number of nitriles is 1. The molecule has 0 heterocycles. The van der Waals surface area contributed by atoms with Gasteiger partial charge in [-0.05, 0) is 52.3 Å². The van der Waals surface area contributed by atoms with E-state index in [4.69, 9.17) is 5.26 Å². The highest BCUT2D eigenvalue weighted by atomic mass is 127. The molecule has 0 N–H and O–H groups in total. The van der Waals surface area contributed by atoms with E-state index in [0.29, 0.717) is 6.42 Å². The van der Waals surface area contributed by atoms with E-state index in [0.717, 1.165) is 6.42 Å². The molecule has 2 heteroatoms. The average Bonchev–Trinajstić information content (AvgIpc) is 2.08. The molecule has 0 aliphatic heterocycles. The molecule has 1 nitrogen and oxygen atoms in total. The van der Waals surface area contributed by atoms with Crippen molar-refractivity contribution < 1.29 is 0 Å². The summed E-state index contributed by atoms with van der Waals surface area (Å²) >= 11 is 2.29. The van der Waals surface area contributed by atoms with E-state index in [1.807, 2.05) is 12.1 Å². The van der Waals surface area contributed by atoms with E-state index < -0.39 is 0 Å². The number of hydrogen-bond donors (Lipinski definition) is 0. The van der Waals surface area contributed by atoms with E-state index in [2.05, 4.69) is 41.7 Å². The maximum Gasteiger partial charge on any atom is 0.0669 e. The number of hydrogen-bond acceptors (Lipinski definition) is 1. The van der Waals surface area contributed by atoms with Crippen molar-refractivity contribution in [3.8, 4) is 6.07 Å². The maximum absolute atomic E-state index is 8.56. The summed E-state index contributed by atoms with van der Waals surface area (Å²) in [6.07, 6.45) is 1.54. The smallest absolute Gasteiger partial charge is 0.0669 e. The molecule has 0 aliphatic rings. The summed E-state index contributed by atoms with van der Waals surface area (Å²) in [6, 6.07) is 8.42. The van der Waals surface area contributed by atoms with Gasteiger partial charge in [-0.15, -0.1) is 0 Å². The van der Waals surface area contributed by atoms with Crippen molar-refractivity contribution in [2.75, 3.05) is 0 Å². The second kappa shape index (κ2) is 4.46. The van der Waals surface area contributed by atoms with Crippen molar-refractivity contribution in [1.82, 2.24) is 0 Å². The van der Waals surface area contributed by atoms with Gasteiger partial charge in [0.1, 0.15) is 0 Å². The van der Waals surface area contributed by atoms with Crippen LogP contribution in [0.5, 0.6) is 0 Å². The van der Waals surface area contributed by atoms with Crippen LogP contribution in [0.3, 0.4) is 0 Å². The normalized spacial score (nSPS) is 9.42. The molecule has 0 amide bonds. The Balaban J connectivity index is 3.04. The van der Waals surface area contributed by atoms with E-state index >= 15 is 0 Å². The van der Waals surface area contributed by atoms with Crippen LogP contribution in [0.1, 0.15) is 18.1 Å². The van der Waals surface area contributed by atoms with E-state index in [1.165, 1.54) is 14.7 Å². The predicted octanol–water partition coefficient (Wildman–Crippen LogP) is 2.92. The van der Waals surface area contributed by atoms with Crippen LogP contribution in [0.15, 0.2) is 18.2 Å². The molecule has 0 fully saturated rings. The zero-order valence-electron chi connectivity index (χ0n) is 6.97. The Morgan fingerprint density at radius 3 is 2.75 bits per heavy atom. The van der Waals surface area contributed by atoms with Crippen LogP contribution in [-0.4, -0.2) is 0 Å². The first-order valence-corrected chi connectivity index (χ1v) is 5.00. The molecular weight excluding hydrogens is 261 g/mol. The summed E-state index contributed by atoms with van der Waals surface area (Å²) in [5, 5.41) is 8.56. The lowest BCUT2D eigenvalue weighted by molar-refractivity contribution is 1.08. The second-order valence-electron chi connectivity index (χ2n) is 2.60. The minimum Gasteiger partial charge on any atom is -0.198 e. The maximum atomic E-state index is 8.56. The second-order valence-corrected chi connectivity index (χ2v) is 3.85. The summed E-state index contributed by atoms with van der Waals surface area (Å²) in [5.41, 5.74) is 2.46. The standard InChI is InChI=1S/C10H10IN/c1-2-8-7-10(11)4-3-9(8)5-6-12/h3-4,7H,2,5H2,1H3. The van der Waals surface area contributed by atoms with E-state index in [1.54, 1.807) is 0 Å². The van der Waals surface area contributed by atoms with Gasteiger partial charge in [-0.25, -0.2) is 0 Å². The molecule has 0 spiro atoms. The van der Waals surface area contributed by atoms with Gasteiger partial charge >= 0.3 is 0 Å². The fourth-order valence-corrected chi connectivity index (χ4v) is 1.74. The number of halogens is 1. The molecule has 1 aromatic rings. The lowest BCUT2D eigenvalue weighted by atomic mass is 10.0. The molecule has 0 aliphatic carbocycles. The Kier molecular flexibility index (Phi) is 3.54. The first kappa shape index (κ1) is 9.53. The topological polar surface area (TPSA) is 23.8 Å². The third-order valence-corrected chi connectivity index (χ3v) is 2.49. The summed E-state index contributed by atoms with van der Waals surface area (Å²) < 4.78 is 1.24. The fraction of sp³-hybridized carbons (Fsp3) is 0.300. The van der Waals surface area contributed by atoms with Crippen LogP contribution < -0.4 is 0 Å². The monoisotopic (exact) mass is 271 g/mol. The van der Waals surface area contributed by atoms with Crippen molar-refractivity contribution in [3.63, 3.8) is 0 Å². The van der Waals surface area contributed by atoms with Gasteiger partial charge < -0.3 is 0 Å². The number of aryl methyl sites for hydroxylation is 1. The zero-order valence-corrected chi connectivity index (χ0v) is 9.13. The molecule has 12 heavy (non-hydrogen) atoms. The SMILES string of the molecule is CCc1cc(I)ccc1CC#N. The van der Waals surface area contributed by atoms with Gasteiger partial charge in [0.25, 0.3) is 0 Å². The first-order chi connectivity index (χ1) is 5.77. The van der Waals surface area contributed by atoms with E-state index in [9.17, 15) is 0 Å². The van der Waals surface area contributed by atoms with Crippen LogP contribution in [0, 0.1) is 14.9 Å². The van der Waals surface area contributed by atoms with Crippen LogP contribution >= 0.6 is 22.6 Å². The summed E-state index contributed by atoms with van der Waals surface area (Å²) in [5.74, 6) is 0. The van der Waals surface area contributed by atoms with E-state index in [-0.39, 0.29) is 0 Å². The zero-order chi connectivity index (χ0) is 8.97. The molecule has 0 unspecified atom stereocenters.